The van der Waals surface area contributed by atoms with Gasteiger partial charge in [-0.2, -0.15) is 5.10 Å². The van der Waals surface area contributed by atoms with Crippen LogP contribution in [0.1, 0.15) is 42.9 Å². The van der Waals surface area contributed by atoms with Gasteiger partial charge < -0.3 is 10.7 Å². The van der Waals surface area contributed by atoms with Crippen LogP contribution in [0.5, 0.6) is 0 Å². The molecule has 0 spiro atoms. The Labute approximate surface area is 106 Å². The molecule has 18 heavy (non-hydrogen) atoms. The van der Waals surface area contributed by atoms with Crippen LogP contribution < -0.4 is 5.73 Å². The maximum Gasteiger partial charge on any atom is 0.141 e. The molecule has 2 heterocycles. The Bertz CT molecular complexity index is 566. The average molecular weight is 245 g/mol. The molecule has 5 heteroatoms. The average Bonchev–Trinajstić information content (AvgIpc) is 2.92. The van der Waals surface area contributed by atoms with Crippen LogP contribution in [-0.4, -0.2) is 19.7 Å². The van der Waals surface area contributed by atoms with Gasteiger partial charge in [0.1, 0.15) is 5.82 Å². The fraction of sp³-hybridized carbons (Fsp3) is 0.538. The van der Waals surface area contributed by atoms with Gasteiger partial charge in [-0.1, -0.05) is 6.92 Å². The van der Waals surface area contributed by atoms with Crippen LogP contribution in [0.15, 0.2) is 6.20 Å². The molecular weight excluding hydrogens is 226 g/mol. The highest BCUT2D eigenvalue weighted by molar-refractivity contribution is 5.58. The lowest BCUT2D eigenvalue weighted by Gasteiger charge is -2.15. The fourth-order valence-corrected chi connectivity index (χ4v) is 2.68. The standard InChI is InChI=1S/C13H19N5/c1-3-10-8(7-18(2)17-10)13-15-11-6-4-5-9(14)12(11)16-13/h7,9H,3-6,14H2,1-2H3,(H,15,16). The van der Waals surface area contributed by atoms with E-state index in [1.165, 1.54) is 5.69 Å². The zero-order valence-electron chi connectivity index (χ0n) is 10.9. The molecule has 0 fully saturated rings. The first-order valence-electron chi connectivity index (χ1n) is 6.56. The smallest absolute Gasteiger partial charge is 0.141 e. The Kier molecular flexibility index (Phi) is 2.70. The number of aromatic amines is 1. The van der Waals surface area contributed by atoms with E-state index in [4.69, 9.17) is 10.7 Å². The predicted octanol–water partition coefficient (Wildman–Crippen LogP) is 1.71. The number of aryl methyl sites for hydroxylation is 3. The number of H-pyrrole nitrogens is 1. The number of nitrogens with two attached hydrogens (primary N) is 1. The summed E-state index contributed by atoms with van der Waals surface area (Å²) in [6, 6.07) is 0.0838. The predicted molar refractivity (Wildman–Crippen MR) is 70.0 cm³/mol. The van der Waals surface area contributed by atoms with Crippen LogP contribution in [0.25, 0.3) is 11.4 Å². The zero-order valence-corrected chi connectivity index (χ0v) is 10.9. The normalized spacial score (nSPS) is 18.9. The van der Waals surface area contributed by atoms with Crippen LogP contribution in [0.3, 0.4) is 0 Å². The highest BCUT2D eigenvalue weighted by Crippen LogP contribution is 2.30. The van der Waals surface area contributed by atoms with Gasteiger partial charge in [-0.25, -0.2) is 4.98 Å². The van der Waals surface area contributed by atoms with E-state index in [0.717, 1.165) is 48.5 Å². The van der Waals surface area contributed by atoms with Crippen molar-refractivity contribution in [3.63, 3.8) is 0 Å². The molecule has 0 aliphatic heterocycles. The summed E-state index contributed by atoms with van der Waals surface area (Å²) in [6.07, 6.45) is 6.16. The van der Waals surface area contributed by atoms with Crippen molar-refractivity contribution in [1.29, 1.82) is 0 Å². The van der Waals surface area contributed by atoms with E-state index in [9.17, 15) is 0 Å². The third-order valence-electron chi connectivity index (χ3n) is 3.60. The highest BCUT2D eigenvalue weighted by atomic mass is 15.3. The topological polar surface area (TPSA) is 72.5 Å². The molecule has 96 valence electrons. The van der Waals surface area contributed by atoms with Gasteiger partial charge in [-0.15, -0.1) is 0 Å². The molecule has 0 saturated heterocycles. The van der Waals surface area contributed by atoms with Crippen LogP contribution in [-0.2, 0) is 19.9 Å². The fourth-order valence-electron chi connectivity index (χ4n) is 2.68. The number of nitrogens with one attached hydrogen (secondary N) is 1. The summed E-state index contributed by atoms with van der Waals surface area (Å²) in [5.41, 5.74) is 10.5. The van der Waals surface area contributed by atoms with Crippen LogP contribution in [0, 0.1) is 0 Å². The van der Waals surface area contributed by atoms with Crippen molar-refractivity contribution in [1.82, 2.24) is 19.7 Å². The molecule has 2 aromatic heterocycles. The lowest BCUT2D eigenvalue weighted by molar-refractivity contribution is 0.555. The van der Waals surface area contributed by atoms with Gasteiger partial charge in [0.2, 0.25) is 0 Å². The summed E-state index contributed by atoms with van der Waals surface area (Å²) >= 11 is 0. The number of hydrogen-bond donors (Lipinski definition) is 2. The summed E-state index contributed by atoms with van der Waals surface area (Å²) in [7, 11) is 1.94. The Morgan fingerprint density at radius 2 is 2.39 bits per heavy atom. The second-order valence-corrected chi connectivity index (χ2v) is 4.96. The minimum absolute atomic E-state index is 0.0838. The minimum atomic E-state index is 0.0838. The molecule has 0 amide bonds. The van der Waals surface area contributed by atoms with Crippen molar-refractivity contribution >= 4 is 0 Å². The van der Waals surface area contributed by atoms with Crippen molar-refractivity contribution in [2.45, 2.75) is 38.6 Å². The summed E-state index contributed by atoms with van der Waals surface area (Å²) in [5, 5.41) is 4.46. The van der Waals surface area contributed by atoms with E-state index in [2.05, 4.69) is 17.0 Å². The van der Waals surface area contributed by atoms with E-state index in [1.54, 1.807) is 0 Å². The van der Waals surface area contributed by atoms with Gasteiger partial charge in [-0.05, 0) is 25.7 Å². The van der Waals surface area contributed by atoms with Crippen LogP contribution >= 0.6 is 0 Å². The van der Waals surface area contributed by atoms with Gasteiger partial charge in [0.15, 0.2) is 0 Å². The van der Waals surface area contributed by atoms with E-state index in [0.29, 0.717) is 0 Å². The summed E-state index contributed by atoms with van der Waals surface area (Å²) in [5.74, 6) is 0.919. The van der Waals surface area contributed by atoms with Gasteiger partial charge in [0.25, 0.3) is 0 Å². The monoisotopic (exact) mass is 245 g/mol. The first-order chi connectivity index (χ1) is 8.69. The Morgan fingerprint density at radius 1 is 1.56 bits per heavy atom. The summed E-state index contributed by atoms with van der Waals surface area (Å²) in [4.78, 5) is 8.11. The SMILES string of the molecule is CCc1nn(C)cc1-c1nc2c([nH]1)CCCC2N. The lowest BCUT2D eigenvalue weighted by Crippen LogP contribution is -2.17. The minimum Gasteiger partial charge on any atom is -0.341 e. The van der Waals surface area contributed by atoms with Crippen molar-refractivity contribution in [3.05, 3.63) is 23.3 Å². The Morgan fingerprint density at radius 3 is 3.11 bits per heavy atom. The number of imidazole rings is 1. The van der Waals surface area contributed by atoms with E-state index >= 15 is 0 Å². The maximum atomic E-state index is 6.11. The second kappa shape index (κ2) is 4.24. The zero-order chi connectivity index (χ0) is 12.7. The quantitative estimate of drug-likeness (QED) is 0.846. The van der Waals surface area contributed by atoms with Crippen molar-refractivity contribution in [2.75, 3.05) is 0 Å². The molecule has 3 rings (SSSR count). The van der Waals surface area contributed by atoms with Gasteiger partial charge in [0.05, 0.1) is 17.0 Å². The molecule has 0 saturated carbocycles. The first-order valence-corrected chi connectivity index (χ1v) is 6.56. The number of aromatic nitrogens is 4. The molecule has 1 atom stereocenters. The Hall–Kier alpha value is -1.62. The van der Waals surface area contributed by atoms with Crippen LogP contribution in [0.4, 0.5) is 0 Å². The first kappa shape index (κ1) is 11.5. The number of nitrogens with zero attached hydrogens (tertiary/aromatic N) is 3. The van der Waals surface area contributed by atoms with E-state index < -0.39 is 0 Å². The molecule has 0 bridgehead atoms. The van der Waals surface area contributed by atoms with Crippen molar-refractivity contribution in [2.24, 2.45) is 12.8 Å². The van der Waals surface area contributed by atoms with Crippen molar-refractivity contribution in [3.8, 4) is 11.4 Å². The molecule has 0 aromatic carbocycles. The van der Waals surface area contributed by atoms with Crippen molar-refractivity contribution < 1.29 is 0 Å². The number of fused-ring (bicyclic) bond motifs is 1. The molecule has 1 unspecified atom stereocenters. The number of hydrogen-bond acceptors (Lipinski definition) is 3. The molecule has 3 N–H and O–H groups in total. The van der Waals surface area contributed by atoms with E-state index in [1.807, 2.05) is 17.9 Å². The lowest BCUT2D eigenvalue weighted by atomic mass is 9.97. The maximum absolute atomic E-state index is 6.11. The number of rotatable bonds is 2. The summed E-state index contributed by atoms with van der Waals surface area (Å²) < 4.78 is 1.84. The molecule has 1 aliphatic rings. The third-order valence-corrected chi connectivity index (χ3v) is 3.60. The van der Waals surface area contributed by atoms with Gasteiger partial charge >= 0.3 is 0 Å². The van der Waals surface area contributed by atoms with Gasteiger partial charge in [0, 0.05) is 25.0 Å². The molecule has 5 nitrogen and oxygen atoms in total. The third kappa shape index (κ3) is 1.75. The summed E-state index contributed by atoms with van der Waals surface area (Å²) in [6.45, 7) is 2.11. The largest absolute Gasteiger partial charge is 0.341 e. The molecule has 2 aromatic rings. The van der Waals surface area contributed by atoms with Crippen LogP contribution in [0.2, 0.25) is 0 Å². The van der Waals surface area contributed by atoms with Gasteiger partial charge in [-0.3, -0.25) is 4.68 Å². The molecule has 0 radical (unpaired) electrons. The molecule has 1 aliphatic carbocycles. The van der Waals surface area contributed by atoms with E-state index in [-0.39, 0.29) is 6.04 Å². The second-order valence-electron chi connectivity index (χ2n) is 4.96. The molecular formula is C13H19N5. The Balaban J connectivity index is 2.07. The highest BCUT2D eigenvalue weighted by Gasteiger charge is 2.23.